The molecule has 1 unspecified atom stereocenters. The molecule has 0 aliphatic heterocycles. The van der Waals surface area contributed by atoms with Gasteiger partial charge in [-0.3, -0.25) is 4.90 Å². The first-order valence-electron chi connectivity index (χ1n) is 6.28. The first kappa shape index (κ1) is 15.0. The number of aliphatic hydroxyl groups excluding tert-OH is 2. The third-order valence-corrected chi connectivity index (χ3v) is 3.10. The highest BCUT2D eigenvalue weighted by atomic mass is 16.5. The number of benzene rings is 1. The maximum absolute atomic E-state index is 10.2. The lowest BCUT2D eigenvalue weighted by molar-refractivity contribution is 0.103. The van der Waals surface area contributed by atoms with Crippen LogP contribution in [0, 0.1) is 6.92 Å². The first-order valence-corrected chi connectivity index (χ1v) is 6.28. The third kappa shape index (κ3) is 3.98. The van der Waals surface area contributed by atoms with E-state index in [-0.39, 0.29) is 6.61 Å². The van der Waals surface area contributed by atoms with Crippen LogP contribution in [-0.4, -0.2) is 48.5 Å². The van der Waals surface area contributed by atoms with Gasteiger partial charge in [-0.05, 0) is 36.7 Å². The number of ether oxygens (including phenoxy) is 1. The van der Waals surface area contributed by atoms with Gasteiger partial charge in [0.1, 0.15) is 5.75 Å². The fourth-order valence-electron chi connectivity index (χ4n) is 1.98. The average molecular weight is 253 g/mol. The molecule has 102 valence electrons. The molecule has 0 aromatic heterocycles. The molecule has 0 amide bonds. The Morgan fingerprint density at radius 3 is 2.61 bits per heavy atom. The number of likely N-dealkylation sites (N-methyl/N-ethyl adjacent to an activating group) is 1. The van der Waals surface area contributed by atoms with Gasteiger partial charge in [0, 0.05) is 13.1 Å². The van der Waals surface area contributed by atoms with Gasteiger partial charge < -0.3 is 14.9 Å². The van der Waals surface area contributed by atoms with Crippen molar-refractivity contribution in [3.8, 4) is 5.75 Å². The molecule has 0 heterocycles. The number of hydrogen-bond donors (Lipinski definition) is 2. The Balaban J connectivity index is 2.71. The summed E-state index contributed by atoms with van der Waals surface area (Å²) in [5.41, 5.74) is 1.89. The molecule has 0 bridgehead atoms. The highest BCUT2D eigenvalue weighted by Crippen LogP contribution is 2.22. The Hall–Kier alpha value is -1.10. The van der Waals surface area contributed by atoms with Crippen LogP contribution in [0.1, 0.15) is 24.2 Å². The van der Waals surface area contributed by atoms with Crippen molar-refractivity contribution in [1.29, 1.82) is 0 Å². The quantitative estimate of drug-likeness (QED) is 0.770. The van der Waals surface area contributed by atoms with Crippen LogP contribution in [0.4, 0.5) is 0 Å². The lowest BCUT2D eigenvalue weighted by Crippen LogP contribution is -2.31. The van der Waals surface area contributed by atoms with Crippen LogP contribution in [-0.2, 0) is 0 Å². The van der Waals surface area contributed by atoms with Gasteiger partial charge in [-0.2, -0.15) is 0 Å². The molecule has 1 atom stereocenters. The predicted molar refractivity (Wildman–Crippen MR) is 71.9 cm³/mol. The molecule has 1 aromatic carbocycles. The van der Waals surface area contributed by atoms with Crippen molar-refractivity contribution in [3.05, 3.63) is 29.3 Å². The zero-order valence-electron chi connectivity index (χ0n) is 11.4. The summed E-state index contributed by atoms with van der Waals surface area (Å²) in [5.74, 6) is 0.827. The number of aryl methyl sites for hydroxylation is 1. The summed E-state index contributed by atoms with van der Waals surface area (Å²) < 4.78 is 5.20. The summed E-state index contributed by atoms with van der Waals surface area (Å²) in [6.45, 7) is 6.02. The molecular weight excluding hydrogens is 230 g/mol. The van der Waals surface area contributed by atoms with Crippen molar-refractivity contribution in [2.75, 3.05) is 33.4 Å². The van der Waals surface area contributed by atoms with Gasteiger partial charge in [-0.25, -0.2) is 0 Å². The summed E-state index contributed by atoms with van der Waals surface area (Å²) in [4.78, 5) is 2.02. The molecule has 0 aliphatic carbocycles. The molecule has 1 rings (SSSR count). The minimum Gasteiger partial charge on any atom is -0.496 e. The van der Waals surface area contributed by atoms with E-state index in [1.807, 2.05) is 36.9 Å². The van der Waals surface area contributed by atoms with E-state index in [9.17, 15) is 5.11 Å². The second kappa shape index (κ2) is 7.36. The van der Waals surface area contributed by atoms with Crippen LogP contribution >= 0.6 is 0 Å². The predicted octanol–water partition coefficient (Wildman–Crippen LogP) is 1.35. The van der Waals surface area contributed by atoms with Crippen LogP contribution in [0.25, 0.3) is 0 Å². The van der Waals surface area contributed by atoms with Crippen LogP contribution in [0.15, 0.2) is 18.2 Å². The molecule has 1 aromatic rings. The van der Waals surface area contributed by atoms with Gasteiger partial charge in [-0.1, -0.05) is 13.0 Å². The molecule has 18 heavy (non-hydrogen) atoms. The molecule has 0 radical (unpaired) electrons. The molecule has 0 saturated carbocycles. The van der Waals surface area contributed by atoms with Crippen molar-refractivity contribution in [1.82, 2.24) is 4.90 Å². The lowest BCUT2D eigenvalue weighted by Gasteiger charge is -2.23. The van der Waals surface area contributed by atoms with Gasteiger partial charge in [0.25, 0.3) is 0 Å². The largest absolute Gasteiger partial charge is 0.496 e. The van der Waals surface area contributed by atoms with Crippen molar-refractivity contribution >= 4 is 0 Å². The Bertz CT molecular complexity index is 368. The SMILES string of the molecule is CCN(CCO)CC(O)c1ccc(OC)c(C)c1. The van der Waals surface area contributed by atoms with Crippen molar-refractivity contribution < 1.29 is 14.9 Å². The maximum Gasteiger partial charge on any atom is 0.121 e. The van der Waals surface area contributed by atoms with Crippen LogP contribution in [0.2, 0.25) is 0 Å². The van der Waals surface area contributed by atoms with E-state index in [2.05, 4.69) is 0 Å². The van der Waals surface area contributed by atoms with E-state index in [0.29, 0.717) is 13.1 Å². The Labute approximate surface area is 109 Å². The molecule has 0 fully saturated rings. The zero-order valence-corrected chi connectivity index (χ0v) is 11.4. The third-order valence-electron chi connectivity index (χ3n) is 3.10. The molecule has 4 nitrogen and oxygen atoms in total. The number of nitrogens with zero attached hydrogens (tertiary/aromatic N) is 1. The number of aliphatic hydroxyl groups is 2. The van der Waals surface area contributed by atoms with Gasteiger partial charge in [0.05, 0.1) is 19.8 Å². The number of hydrogen-bond acceptors (Lipinski definition) is 4. The molecule has 0 saturated heterocycles. The lowest BCUT2D eigenvalue weighted by atomic mass is 10.1. The van der Waals surface area contributed by atoms with E-state index in [1.165, 1.54) is 0 Å². The molecule has 0 spiro atoms. The summed E-state index contributed by atoms with van der Waals surface area (Å²) in [7, 11) is 1.64. The Morgan fingerprint density at radius 2 is 2.11 bits per heavy atom. The van der Waals surface area contributed by atoms with E-state index in [4.69, 9.17) is 9.84 Å². The van der Waals surface area contributed by atoms with Crippen molar-refractivity contribution in [2.45, 2.75) is 20.0 Å². The van der Waals surface area contributed by atoms with Crippen molar-refractivity contribution in [3.63, 3.8) is 0 Å². The van der Waals surface area contributed by atoms with Gasteiger partial charge in [0.2, 0.25) is 0 Å². The fraction of sp³-hybridized carbons (Fsp3) is 0.571. The molecule has 4 heteroatoms. The second-order valence-electron chi connectivity index (χ2n) is 4.36. The first-order chi connectivity index (χ1) is 8.62. The topological polar surface area (TPSA) is 52.9 Å². The second-order valence-corrected chi connectivity index (χ2v) is 4.36. The smallest absolute Gasteiger partial charge is 0.121 e. The highest BCUT2D eigenvalue weighted by Gasteiger charge is 2.13. The maximum atomic E-state index is 10.2. The van der Waals surface area contributed by atoms with Gasteiger partial charge in [-0.15, -0.1) is 0 Å². The monoisotopic (exact) mass is 253 g/mol. The summed E-state index contributed by atoms with van der Waals surface area (Å²) in [6, 6.07) is 5.69. The molecule has 0 aliphatic rings. The fourth-order valence-corrected chi connectivity index (χ4v) is 1.98. The van der Waals surface area contributed by atoms with Gasteiger partial charge in [0.15, 0.2) is 0 Å². The minimum absolute atomic E-state index is 0.113. The van der Waals surface area contributed by atoms with E-state index >= 15 is 0 Å². The van der Waals surface area contributed by atoms with E-state index in [1.54, 1.807) is 7.11 Å². The number of rotatable bonds is 7. The van der Waals surface area contributed by atoms with Crippen LogP contribution in [0.3, 0.4) is 0 Å². The summed E-state index contributed by atoms with van der Waals surface area (Å²) in [6.07, 6.45) is -0.541. The normalized spacial score (nSPS) is 12.8. The molecule has 2 N–H and O–H groups in total. The van der Waals surface area contributed by atoms with Gasteiger partial charge >= 0.3 is 0 Å². The Kier molecular flexibility index (Phi) is 6.12. The highest BCUT2D eigenvalue weighted by molar-refractivity contribution is 5.37. The Morgan fingerprint density at radius 1 is 1.39 bits per heavy atom. The van der Waals surface area contributed by atoms with E-state index < -0.39 is 6.10 Å². The standard InChI is InChI=1S/C14H23NO3/c1-4-15(7-8-16)10-13(17)12-5-6-14(18-3)11(2)9-12/h5-6,9,13,16-17H,4,7-8,10H2,1-3H3. The summed E-state index contributed by atoms with van der Waals surface area (Å²) in [5, 5.41) is 19.1. The average Bonchev–Trinajstić information content (AvgIpc) is 2.37. The minimum atomic E-state index is -0.541. The zero-order chi connectivity index (χ0) is 13.5. The van der Waals surface area contributed by atoms with E-state index in [0.717, 1.165) is 23.4 Å². The van der Waals surface area contributed by atoms with Crippen molar-refractivity contribution in [2.24, 2.45) is 0 Å². The van der Waals surface area contributed by atoms with Crippen LogP contribution in [0.5, 0.6) is 5.75 Å². The molecular formula is C14H23NO3. The number of methoxy groups -OCH3 is 1. The summed E-state index contributed by atoms with van der Waals surface area (Å²) >= 11 is 0. The van der Waals surface area contributed by atoms with Crippen LogP contribution < -0.4 is 4.74 Å².